The Bertz CT molecular complexity index is 390. The van der Waals surface area contributed by atoms with E-state index in [1.54, 1.807) is 0 Å². The van der Waals surface area contributed by atoms with Gasteiger partial charge in [-0.05, 0) is 25.2 Å². The molecular formula is C15H22O2. The minimum Gasteiger partial charge on any atom is -0.349 e. The van der Waals surface area contributed by atoms with Crippen molar-refractivity contribution in [2.24, 2.45) is 23.2 Å². The predicted octanol–water partition coefficient (Wildman–Crippen LogP) is 3.13. The first-order valence-electron chi connectivity index (χ1n) is 7.09. The van der Waals surface area contributed by atoms with E-state index in [0.717, 1.165) is 6.42 Å². The first kappa shape index (κ1) is 10.6. The molecule has 0 N–H and O–H groups in total. The SMILES string of the molecule is C[C@@H]1[C@@H]2O[C@H]3CC[C@]4(C=CC[C@H](C)[C@@]4(C)[C@H]13)O2. The highest BCUT2D eigenvalue weighted by atomic mass is 16.7. The maximum absolute atomic E-state index is 6.44. The van der Waals surface area contributed by atoms with Crippen LogP contribution in [0.2, 0.25) is 0 Å². The standard InChI is InChI=1S/C15H22O2/c1-9-5-4-7-15-8-6-11-12(14(9,15)3)10(2)13(16-11)17-15/h4,7,9-13H,5-6,8H2,1-3H3/t9-,10-,11-,12+,13+,14-,15-/m0/s1. The molecule has 2 heterocycles. The fraction of sp³-hybridized carbons (Fsp3) is 0.867. The van der Waals surface area contributed by atoms with Crippen LogP contribution < -0.4 is 0 Å². The van der Waals surface area contributed by atoms with E-state index in [2.05, 4.69) is 32.9 Å². The minimum atomic E-state index is -0.0283. The molecule has 7 atom stereocenters. The van der Waals surface area contributed by atoms with Gasteiger partial charge in [0.1, 0.15) is 0 Å². The second-order valence-corrected chi connectivity index (χ2v) is 6.80. The lowest BCUT2D eigenvalue weighted by molar-refractivity contribution is -0.258. The van der Waals surface area contributed by atoms with Crippen molar-refractivity contribution in [2.75, 3.05) is 0 Å². The topological polar surface area (TPSA) is 18.5 Å². The lowest BCUT2D eigenvalue weighted by atomic mass is 9.47. The highest BCUT2D eigenvalue weighted by Crippen LogP contribution is 2.67. The summed E-state index contributed by atoms with van der Waals surface area (Å²) in [5.74, 6) is 1.95. The summed E-state index contributed by atoms with van der Waals surface area (Å²) >= 11 is 0. The zero-order valence-corrected chi connectivity index (χ0v) is 11.0. The van der Waals surface area contributed by atoms with Gasteiger partial charge in [-0.25, -0.2) is 0 Å². The Kier molecular flexibility index (Phi) is 1.85. The summed E-state index contributed by atoms with van der Waals surface area (Å²) in [6, 6.07) is 0. The smallest absolute Gasteiger partial charge is 0.162 e. The zero-order valence-electron chi connectivity index (χ0n) is 11.0. The Morgan fingerprint density at radius 2 is 2.12 bits per heavy atom. The molecule has 2 saturated heterocycles. The van der Waals surface area contributed by atoms with Crippen molar-refractivity contribution in [3.05, 3.63) is 12.2 Å². The van der Waals surface area contributed by atoms with Crippen LogP contribution >= 0.6 is 0 Å². The van der Waals surface area contributed by atoms with Gasteiger partial charge in [0.25, 0.3) is 0 Å². The van der Waals surface area contributed by atoms with Crippen molar-refractivity contribution >= 4 is 0 Å². The number of ether oxygens (including phenoxy) is 2. The predicted molar refractivity (Wildman–Crippen MR) is 65.4 cm³/mol. The van der Waals surface area contributed by atoms with E-state index in [-0.39, 0.29) is 17.3 Å². The molecule has 2 aliphatic carbocycles. The van der Waals surface area contributed by atoms with Crippen LogP contribution in [0.5, 0.6) is 0 Å². The lowest BCUT2D eigenvalue weighted by Gasteiger charge is -2.62. The van der Waals surface area contributed by atoms with Crippen LogP contribution in [0.25, 0.3) is 0 Å². The van der Waals surface area contributed by atoms with Gasteiger partial charge in [0.15, 0.2) is 6.29 Å². The number of hydrogen-bond donors (Lipinski definition) is 0. The molecule has 2 aliphatic heterocycles. The molecule has 0 radical (unpaired) electrons. The monoisotopic (exact) mass is 234 g/mol. The molecule has 0 aromatic rings. The first-order valence-corrected chi connectivity index (χ1v) is 7.09. The molecule has 0 spiro atoms. The van der Waals surface area contributed by atoms with Crippen molar-refractivity contribution in [1.29, 1.82) is 0 Å². The molecule has 2 nitrogen and oxygen atoms in total. The molecule has 0 amide bonds. The van der Waals surface area contributed by atoms with Crippen LogP contribution in [-0.2, 0) is 9.47 Å². The summed E-state index contributed by atoms with van der Waals surface area (Å²) in [5.41, 5.74) is 0.247. The van der Waals surface area contributed by atoms with Crippen LogP contribution in [0.1, 0.15) is 40.0 Å². The molecule has 0 aromatic heterocycles. The summed E-state index contributed by atoms with van der Waals surface area (Å²) in [6.07, 6.45) is 8.72. The van der Waals surface area contributed by atoms with Gasteiger partial charge >= 0.3 is 0 Å². The average molecular weight is 234 g/mol. The van der Waals surface area contributed by atoms with Gasteiger partial charge in [-0.15, -0.1) is 0 Å². The quantitative estimate of drug-likeness (QED) is 0.599. The van der Waals surface area contributed by atoms with E-state index >= 15 is 0 Å². The van der Waals surface area contributed by atoms with Gasteiger partial charge in [-0.3, -0.25) is 0 Å². The maximum atomic E-state index is 6.44. The molecule has 4 aliphatic rings. The van der Waals surface area contributed by atoms with Gasteiger partial charge in [0.05, 0.1) is 11.7 Å². The number of fused-ring (bicyclic) bond motifs is 1. The summed E-state index contributed by atoms with van der Waals surface area (Å²) in [7, 11) is 0. The minimum absolute atomic E-state index is 0.0283. The molecule has 17 heavy (non-hydrogen) atoms. The molecular weight excluding hydrogens is 212 g/mol. The molecule has 94 valence electrons. The molecule has 4 rings (SSSR count). The third-order valence-electron chi connectivity index (χ3n) is 6.34. The molecule has 0 aromatic carbocycles. The van der Waals surface area contributed by atoms with E-state index < -0.39 is 0 Å². The third-order valence-corrected chi connectivity index (χ3v) is 6.34. The fourth-order valence-electron chi connectivity index (χ4n) is 5.26. The number of rotatable bonds is 0. The highest BCUT2D eigenvalue weighted by molar-refractivity contribution is 5.25. The van der Waals surface area contributed by atoms with Crippen molar-refractivity contribution in [3.8, 4) is 0 Å². The highest BCUT2D eigenvalue weighted by Gasteiger charge is 2.70. The Labute approximate surface area is 103 Å². The summed E-state index contributed by atoms with van der Waals surface area (Å²) in [5, 5.41) is 0. The molecule has 3 bridgehead atoms. The number of allylic oxidation sites excluding steroid dienone is 1. The van der Waals surface area contributed by atoms with E-state index in [0.29, 0.717) is 23.9 Å². The summed E-state index contributed by atoms with van der Waals surface area (Å²) < 4.78 is 12.6. The van der Waals surface area contributed by atoms with Crippen LogP contribution in [0.3, 0.4) is 0 Å². The van der Waals surface area contributed by atoms with Gasteiger partial charge in [-0.2, -0.15) is 0 Å². The maximum Gasteiger partial charge on any atom is 0.162 e. The van der Waals surface area contributed by atoms with Crippen LogP contribution in [-0.4, -0.2) is 18.0 Å². The van der Waals surface area contributed by atoms with E-state index in [4.69, 9.17) is 9.47 Å². The van der Waals surface area contributed by atoms with Crippen LogP contribution in [0.4, 0.5) is 0 Å². The van der Waals surface area contributed by atoms with Crippen molar-refractivity contribution in [3.63, 3.8) is 0 Å². The van der Waals surface area contributed by atoms with E-state index in [1.807, 2.05) is 0 Å². The van der Waals surface area contributed by atoms with Crippen molar-refractivity contribution in [2.45, 2.75) is 58.0 Å². The van der Waals surface area contributed by atoms with E-state index in [1.165, 1.54) is 12.8 Å². The Morgan fingerprint density at radius 3 is 2.94 bits per heavy atom. The Balaban J connectivity index is 1.92. The molecule has 3 fully saturated rings. The summed E-state index contributed by atoms with van der Waals surface area (Å²) in [6.45, 7) is 7.18. The zero-order chi connectivity index (χ0) is 11.8. The average Bonchev–Trinajstić information content (AvgIpc) is 2.47. The fourth-order valence-corrected chi connectivity index (χ4v) is 5.26. The number of hydrogen-bond acceptors (Lipinski definition) is 2. The van der Waals surface area contributed by atoms with Crippen molar-refractivity contribution in [1.82, 2.24) is 0 Å². The van der Waals surface area contributed by atoms with Crippen molar-refractivity contribution < 1.29 is 9.47 Å². The van der Waals surface area contributed by atoms with E-state index in [9.17, 15) is 0 Å². The van der Waals surface area contributed by atoms with Gasteiger partial charge < -0.3 is 9.47 Å². The molecule has 0 unspecified atom stereocenters. The molecule has 2 heteroatoms. The van der Waals surface area contributed by atoms with Gasteiger partial charge in [0.2, 0.25) is 0 Å². The third kappa shape index (κ3) is 0.978. The Morgan fingerprint density at radius 1 is 1.29 bits per heavy atom. The summed E-state index contributed by atoms with van der Waals surface area (Å²) in [4.78, 5) is 0. The second kappa shape index (κ2) is 2.97. The van der Waals surface area contributed by atoms with Gasteiger partial charge in [-0.1, -0.05) is 32.9 Å². The Hall–Kier alpha value is -0.340. The first-order chi connectivity index (χ1) is 8.08. The van der Waals surface area contributed by atoms with Crippen LogP contribution in [0.15, 0.2) is 12.2 Å². The normalized spacial score (nSPS) is 63.8. The van der Waals surface area contributed by atoms with Crippen LogP contribution in [0, 0.1) is 23.2 Å². The second-order valence-electron chi connectivity index (χ2n) is 6.80. The largest absolute Gasteiger partial charge is 0.349 e. The van der Waals surface area contributed by atoms with Gasteiger partial charge in [0, 0.05) is 17.3 Å². The molecule has 1 saturated carbocycles. The lowest BCUT2D eigenvalue weighted by Crippen LogP contribution is -2.65.